The monoisotopic (exact) mass is 228 g/mol. The molecule has 1 unspecified atom stereocenters. The molecule has 1 amide bonds. The highest BCUT2D eigenvalue weighted by Crippen LogP contribution is 2.03. The molecular weight excluding hydrogens is 216 g/mol. The number of aliphatic carboxylic acids is 1. The van der Waals surface area contributed by atoms with Crippen LogP contribution in [-0.2, 0) is 4.79 Å². The summed E-state index contributed by atoms with van der Waals surface area (Å²) in [5.74, 6) is -1.45. The summed E-state index contributed by atoms with van der Waals surface area (Å²) in [6, 6.07) is -0.829. The highest BCUT2D eigenvalue weighted by molar-refractivity contribution is 7.07. The highest BCUT2D eigenvalue weighted by Gasteiger charge is 2.20. The Balaban J connectivity index is 2.59. The Morgan fingerprint density at radius 1 is 1.67 bits per heavy atom. The van der Waals surface area contributed by atoms with Gasteiger partial charge in [0.15, 0.2) is 0 Å². The summed E-state index contributed by atoms with van der Waals surface area (Å²) in [6.45, 7) is 1.87. The Morgan fingerprint density at radius 3 is 2.87 bits per heavy atom. The summed E-state index contributed by atoms with van der Waals surface area (Å²) < 4.78 is 0. The molecule has 1 aromatic rings. The van der Waals surface area contributed by atoms with Crippen molar-refractivity contribution in [3.8, 4) is 0 Å². The maximum atomic E-state index is 11.5. The Kier molecular flexibility index (Phi) is 4.23. The zero-order chi connectivity index (χ0) is 11.3. The average Bonchev–Trinajstić information content (AvgIpc) is 2.69. The summed E-state index contributed by atoms with van der Waals surface area (Å²) in [4.78, 5) is 26.0. The first-order chi connectivity index (χ1) is 7.15. The van der Waals surface area contributed by atoms with Gasteiger partial charge in [-0.15, -0.1) is 11.3 Å². The maximum absolute atomic E-state index is 11.5. The van der Waals surface area contributed by atoms with Crippen LogP contribution in [0.5, 0.6) is 0 Å². The SMILES string of the molecule is CCCC(NC(=O)c1cscn1)C(=O)O. The molecule has 0 aliphatic carbocycles. The Bertz CT molecular complexity index is 337. The van der Waals surface area contributed by atoms with Gasteiger partial charge in [-0.25, -0.2) is 9.78 Å². The predicted octanol–water partition coefficient (Wildman–Crippen LogP) is 1.13. The largest absolute Gasteiger partial charge is 0.480 e. The van der Waals surface area contributed by atoms with E-state index in [1.54, 1.807) is 5.38 Å². The molecule has 0 saturated carbocycles. The van der Waals surface area contributed by atoms with E-state index in [0.29, 0.717) is 12.8 Å². The van der Waals surface area contributed by atoms with Crippen LogP contribution in [-0.4, -0.2) is 28.0 Å². The number of hydrogen-bond acceptors (Lipinski definition) is 4. The molecule has 0 spiro atoms. The number of hydrogen-bond donors (Lipinski definition) is 2. The van der Waals surface area contributed by atoms with Crippen LogP contribution in [0.25, 0.3) is 0 Å². The molecule has 0 aliphatic heterocycles. The Morgan fingerprint density at radius 2 is 2.40 bits per heavy atom. The zero-order valence-corrected chi connectivity index (χ0v) is 9.08. The van der Waals surface area contributed by atoms with Crippen molar-refractivity contribution >= 4 is 23.2 Å². The molecule has 0 radical (unpaired) electrons. The number of carboxylic acid groups (broad SMARTS) is 1. The lowest BCUT2D eigenvalue weighted by molar-refractivity contribution is -0.139. The molecule has 2 N–H and O–H groups in total. The Hall–Kier alpha value is -1.43. The number of carbonyl (C=O) groups is 2. The number of nitrogens with one attached hydrogen (secondary N) is 1. The van der Waals surface area contributed by atoms with Gasteiger partial charge < -0.3 is 10.4 Å². The number of carboxylic acids is 1. The standard InChI is InChI=1S/C9H12N2O3S/c1-2-3-6(9(13)14)11-8(12)7-4-15-5-10-7/h4-6H,2-3H2,1H3,(H,11,12)(H,13,14). The van der Waals surface area contributed by atoms with E-state index in [4.69, 9.17) is 5.11 Å². The molecule has 82 valence electrons. The minimum absolute atomic E-state index is 0.266. The maximum Gasteiger partial charge on any atom is 0.326 e. The molecule has 1 aromatic heterocycles. The molecule has 1 heterocycles. The third-order valence-corrected chi connectivity index (χ3v) is 2.43. The molecular formula is C9H12N2O3S. The summed E-state index contributed by atoms with van der Waals surface area (Å²) >= 11 is 1.30. The molecule has 1 atom stereocenters. The quantitative estimate of drug-likeness (QED) is 0.791. The van der Waals surface area contributed by atoms with Crippen molar-refractivity contribution in [1.82, 2.24) is 10.3 Å². The fourth-order valence-corrected chi connectivity index (χ4v) is 1.63. The van der Waals surface area contributed by atoms with E-state index in [-0.39, 0.29) is 5.69 Å². The number of rotatable bonds is 5. The van der Waals surface area contributed by atoms with Crippen LogP contribution in [0.4, 0.5) is 0 Å². The van der Waals surface area contributed by atoms with Crippen molar-refractivity contribution in [3.05, 3.63) is 16.6 Å². The summed E-state index contributed by atoms with van der Waals surface area (Å²) in [7, 11) is 0. The molecule has 0 bridgehead atoms. The van der Waals surface area contributed by atoms with Gasteiger partial charge in [0.05, 0.1) is 5.51 Å². The lowest BCUT2D eigenvalue weighted by Gasteiger charge is -2.12. The van der Waals surface area contributed by atoms with Gasteiger partial charge in [-0.3, -0.25) is 4.79 Å². The lowest BCUT2D eigenvalue weighted by atomic mass is 10.1. The molecule has 5 nitrogen and oxygen atoms in total. The van der Waals surface area contributed by atoms with Gasteiger partial charge in [-0.1, -0.05) is 13.3 Å². The molecule has 1 rings (SSSR count). The van der Waals surface area contributed by atoms with Crippen LogP contribution in [0.1, 0.15) is 30.3 Å². The second-order valence-electron chi connectivity index (χ2n) is 3.03. The van der Waals surface area contributed by atoms with Crippen molar-refractivity contribution in [2.24, 2.45) is 0 Å². The third-order valence-electron chi connectivity index (χ3n) is 1.85. The molecule has 0 aromatic carbocycles. The second kappa shape index (κ2) is 5.45. The van der Waals surface area contributed by atoms with E-state index >= 15 is 0 Å². The van der Waals surface area contributed by atoms with Crippen LogP contribution in [0, 0.1) is 0 Å². The van der Waals surface area contributed by atoms with E-state index in [9.17, 15) is 9.59 Å². The van der Waals surface area contributed by atoms with Gasteiger partial charge in [-0.05, 0) is 6.42 Å². The van der Waals surface area contributed by atoms with Crippen LogP contribution in [0.3, 0.4) is 0 Å². The van der Waals surface area contributed by atoms with Crippen molar-refractivity contribution in [2.75, 3.05) is 0 Å². The van der Waals surface area contributed by atoms with Crippen LogP contribution in [0.15, 0.2) is 10.9 Å². The van der Waals surface area contributed by atoms with Crippen molar-refractivity contribution in [2.45, 2.75) is 25.8 Å². The fourth-order valence-electron chi connectivity index (χ4n) is 1.10. The van der Waals surface area contributed by atoms with Crippen molar-refractivity contribution in [3.63, 3.8) is 0 Å². The molecule has 6 heteroatoms. The molecule has 0 aliphatic rings. The minimum Gasteiger partial charge on any atom is -0.480 e. The van der Waals surface area contributed by atoms with Crippen molar-refractivity contribution in [1.29, 1.82) is 0 Å². The van der Waals surface area contributed by atoms with E-state index < -0.39 is 17.9 Å². The number of carbonyl (C=O) groups excluding carboxylic acids is 1. The highest BCUT2D eigenvalue weighted by atomic mass is 32.1. The molecule has 15 heavy (non-hydrogen) atoms. The van der Waals surface area contributed by atoms with Gasteiger partial charge in [-0.2, -0.15) is 0 Å². The van der Waals surface area contributed by atoms with Crippen LogP contribution in [0.2, 0.25) is 0 Å². The van der Waals surface area contributed by atoms with Gasteiger partial charge in [0, 0.05) is 5.38 Å². The third kappa shape index (κ3) is 3.32. The second-order valence-corrected chi connectivity index (χ2v) is 3.75. The zero-order valence-electron chi connectivity index (χ0n) is 8.27. The topological polar surface area (TPSA) is 79.3 Å². The fraction of sp³-hybridized carbons (Fsp3) is 0.444. The Labute approximate surface area is 91.1 Å². The average molecular weight is 228 g/mol. The van der Waals surface area contributed by atoms with Gasteiger partial charge in [0.25, 0.3) is 5.91 Å². The molecule has 0 fully saturated rings. The minimum atomic E-state index is -1.01. The smallest absolute Gasteiger partial charge is 0.326 e. The lowest BCUT2D eigenvalue weighted by Crippen LogP contribution is -2.40. The van der Waals surface area contributed by atoms with E-state index in [2.05, 4.69) is 10.3 Å². The van der Waals surface area contributed by atoms with E-state index in [1.165, 1.54) is 16.8 Å². The predicted molar refractivity (Wildman–Crippen MR) is 55.9 cm³/mol. The van der Waals surface area contributed by atoms with E-state index in [0.717, 1.165) is 0 Å². The number of amides is 1. The number of aromatic nitrogens is 1. The summed E-state index contributed by atoms with van der Waals surface area (Å²) in [5.41, 5.74) is 1.80. The summed E-state index contributed by atoms with van der Waals surface area (Å²) in [6.07, 6.45) is 1.12. The van der Waals surface area contributed by atoms with E-state index in [1.807, 2.05) is 6.92 Å². The van der Waals surface area contributed by atoms with Gasteiger partial charge >= 0.3 is 5.97 Å². The number of nitrogens with zero attached hydrogens (tertiary/aromatic N) is 1. The molecule has 0 saturated heterocycles. The first kappa shape index (κ1) is 11.6. The first-order valence-electron chi connectivity index (χ1n) is 4.57. The van der Waals surface area contributed by atoms with Crippen LogP contribution >= 0.6 is 11.3 Å². The summed E-state index contributed by atoms with van der Waals surface area (Å²) in [5, 5.41) is 12.8. The number of thiazole rings is 1. The normalized spacial score (nSPS) is 12.1. The van der Waals surface area contributed by atoms with Crippen LogP contribution < -0.4 is 5.32 Å². The van der Waals surface area contributed by atoms with Gasteiger partial charge in [0.2, 0.25) is 0 Å². The first-order valence-corrected chi connectivity index (χ1v) is 5.51. The van der Waals surface area contributed by atoms with Crippen molar-refractivity contribution < 1.29 is 14.7 Å². The van der Waals surface area contributed by atoms with Gasteiger partial charge in [0.1, 0.15) is 11.7 Å².